The third-order valence-electron chi connectivity index (χ3n) is 5.86. The third kappa shape index (κ3) is 6.36. The van der Waals surface area contributed by atoms with Crippen LogP contribution in [0.3, 0.4) is 0 Å². The number of para-hydroxylation sites is 1. The molecule has 0 N–H and O–H groups in total. The molecule has 0 spiro atoms. The van der Waals surface area contributed by atoms with Crippen molar-refractivity contribution in [3.63, 3.8) is 0 Å². The van der Waals surface area contributed by atoms with Gasteiger partial charge in [-0.2, -0.15) is 10.1 Å². The van der Waals surface area contributed by atoms with Crippen molar-refractivity contribution >= 4 is 23.1 Å². The topological polar surface area (TPSA) is 49.7 Å². The zero-order chi connectivity index (χ0) is 21.9. The van der Waals surface area contributed by atoms with E-state index >= 15 is 0 Å². The Bertz CT molecular complexity index is 861. The summed E-state index contributed by atoms with van der Waals surface area (Å²) in [4.78, 5) is 26.3. The minimum Gasteiger partial charge on any atom is -0.298 e. The van der Waals surface area contributed by atoms with Gasteiger partial charge in [0, 0.05) is 6.42 Å². The minimum absolute atomic E-state index is 0.0195. The number of amides is 1. The third-order valence-corrected chi connectivity index (χ3v) is 5.86. The highest BCUT2D eigenvalue weighted by Gasteiger charge is 2.41. The van der Waals surface area contributed by atoms with Crippen LogP contribution in [0, 0.1) is 5.92 Å². The van der Waals surface area contributed by atoms with Gasteiger partial charge in [-0.05, 0) is 24.1 Å². The second-order valence-corrected chi connectivity index (χ2v) is 8.31. The number of carbonyl (C=O) groups excluding carboxylic acids is 2. The Labute approximate surface area is 186 Å². The normalized spacial score (nSPS) is 15.9. The van der Waals surface area contributed by atoms with Gasteiger partial charge >= 0.3 is 0 Å². The number of unbranched alkanes of at least 4 members (excludes halogenated alkanes) is 8. The van der Waals surface area contributed by atoms with Gasteiger partial charge in [-0.15, -0.1) is 0 Å². The van der Waals surface area contributed by atoms with Crippen LogP contribution in [0.4, 0.5) is 5.69 Å². The summed E-state index contributed by atoms with van der Waals surface area (Å²) in [5, 5.41) is 5.97. The fraction of sp³-hybridized carbons (Fsp3) is 0.444. The average molecular weight is 419 g/mol. The van der Waals surface area contributed by atoms with Gasteiger partial charge in [-0.3, -0.25) is 9.59 Å². The van der Waals surface area contributed by atoms with Crippen LogP contribution in [0.5, 0.6) is 0 Å². The molecule has 3 rings (SSSR count). The maximum absolute atomic E-state index is 13.2. The van der Waals surface area contributed by atoms with Gasteiger partial charge in [0.15, 0.2) is 5.78 Å². The van der Waals surface area contributed by atoms with E-state index < -0.39 is 5.92 Å². The van der Waals surface area contributed by atoms with Gasteiger partial charge < -0.3 is 0 Å². The fourth-order valence-electron chi connectivity index (χ4n) is 4.09. The number of ketones is 1. The Morgan fingerprint density at radius 3 is 1.97 bits per heavy atom. The number of benzene rings is 2. The van der Waals surface area contributed by atoms with Crippen LogP contribution in [0.2, 0.25) is 0 Å². The monoisotopic (exact) mass is 418 g/mol. The molecule has 1 aliphatic rings. The molecule has 0 aliphatic carbocycles. The molecule has 0 saturated heterocycles. The lowest BCUT2D eigenvalue weighted by Crippen LogP contribution is -2.33. The molecule has 31 heavy (non-hydrogen) atoms. The van der Waals surface area contributed by atoms with Crippen molar-refractivity contribution in [2.45, 2.75) is 71.1 Å². The smallest absolute Gasteiger partial charge is 0.264 e. The van der Waals surface area contributed by atoms with E-state index in [0.29, 0.717) is 17.8 Å². The number of anilines is 1. The molecule has 1 amide bonds. The summed E-state index contributed by atoms with van der Waals surface area (Å²) in [6.45, 7) is 2.24. The van der Waals surface area contributed by atoms with E-state index in [1.807, 2.05) is 60.7 Å². The van der Waals surface area contributed by atoms with Crippen molar-refractivity contribution in [2.24, 2.45) is 11.0 Å². The quantitative estimate of drug-likeness (QED) is 0.274. The van der Waals surface area contributed by atoms with Crippen LogP contribution in [-0.2, 0) is 9.59 Å². The Kier molecular flexibility index (Phi) is 9.01. The Morgan fingerprint density at radius 2 is 1.35 bits per heavy atom. The molecular formula is C27H34N2O2. The van der Waals surface area contributed by atoms with Crippen molar-refractivity contribution in [3.8, 4) is 0 Å². The number of Topliss-reactive ketones (excluding diaryl/α,β-unsaturated/α-hetero) is 1. The highest BCUT2D eigenvalue weighted by Crippen LogP contribution is 2.28. The first kappa shape index (κ1) is 22.9. The van der Waals surface area contributed by atoms with Gasteiger partial charge in [-0.25, -0.2) is 0 Å². The predicted molar refractivity (Wildman–Crippen MR) is 127 cm³/mol. The molecule has 1 aliphatic heterocycles. The van der Waals surface area contributed by atoms with Gasteiger partial charge in [0.1, 0.15) is 5.92 Å². The molecule has 1 heterocycles. The lowest BCUT2D eigenvalue weighted by molar-refractivity contribution is -0.129. The van der Waals surface area contributed by atoms with Crippen molar-refractivity contribution in [3.05, 3.63) is 66.2 Å². The summed E-state index contributed by atoms with van der Waals surface area (Å²) < 4.78 is 0. The molecule has 164 valence electrons. The first-order chi connectivity index (χ1) is 15.2. The lowest BCUT2D eigenvalue weighted by atomic mass is 9.90. The fourth-order valence-corrected chi connectivity index (χ4v) is 4.09. The van der Waals surface area contributed by atoms with E-state index in [2.05, 4.69) is 12.0 Å². The molecule has 2 aromatic carbocycles. The lowest BCUT2D eigenvalue weighted by Gasteiger charge is -2.14. The van der Waals surface area contributed by atoms with Crippen LogP contribution < -0.4 is 5.01 Å². The zero-order valence-corrected chi connectivity index (χ0v) is 18.6. The van der Waals surface area contributed by atoms with Crippen LogP contribution in [0.25, 0.3) is 0 Å². The van der Waals surface area contributed by atoms with Crippen LogP contribution >= 0.6 is 0 Å². The van der Waals surface area contributed by atoms with Gasteiger partial charge in [0.25, 0.3) is 5.91 Å². The van der Waals surface area contributed by atoms with E-state index in [1.165, 1.54) is 43.5 Å². The molecule has 4 nitrogen and oxygen atoms in total. The van der Waals surface area contributed by atoms with Gasteiger partial charge in [0.2, 0.25) is 0 Å². The van der Waals surface area contributed by atoms with E-state index in [4.69, 9.17) is 0 Å². The molecule has 0 fully saturated rings. The van der Waals surface area contributed by atoms with Crippen LogP contribution in [0.15, 0.2) is 65.8 Å². The Balaban J connectivity index is 1.58. The maximum atomic E-state index is 13.2. The van der Waals surface area contributed by atoms with E-state index in [0.717, 1.165) is 24.8 Å². The summed E-state index contributed by atoms with van der Waals surface area (Å²) in [6.07, 6.45) is 11.2. The van der Waals surface area contributed by atoms with Crippen molar-refractivity contribution < 1.29 is 9.59 Å². The summed E-state index contributed by atoms with van der Waals surface area (Å²) in [6, 6.07) is 18.9. The highest BCUT2D eigenvalue weighted by molar-refractivity contribution is 6.31. The maximum Gasteiger partial charge on any atom is 0.264 e. The van der Waals surface area contributed by atoms with Crippen molar-refractivity contribution in [2.75, 3.05) is 5.01 Å². The number of hydrogen-bond donors (Lipinski definition) is 0. The number of carbonyl (C=O) groups is 2. The molecule has 4 heteroatoms. The second-order valence-electron chi connectivity index (χ2n) is 8.31. The molecule has 0 unspecified atom stereocenters. The number of hydrazone groups is 1. The predicted octanol–water partition coefficient (Wildman–Crippen LogP) is 6.54. The number of rotatable bonds is 13. The first-order valence-electron chi connectivity index (χ1n) is 11.8. The average Bonchev–Trinajstić information content (AvgIpc) is 3.16. The molecule has 2 aromatic rings. The minimum atomic E-state index is -0.809. The highest BCUT2D eigenvalue weighted by atomic mass is 16.2. The van der Waals surface area contributed by atoms with Crippen LogP contribution in [0.1, 0.15) is 76.7 Å². The van der Waals surface area contributed by atoms with Gasteiger partial charge in [-0.1, -0.05) is 107 Å². The van der Waals surface area contributed by atoms with Crippen molar-refractivity contribution in [1.29, 1.82) is 0 Å². The standard InChI is InChI=1S/C27H34N2O2/c1-2-3-4-5-6-7-8-9-16-21-24(30)25-26(22-17-12-10-13-18-22)28-29(27(25)31)23-19-14-11-15-20-23/h10-15,17-20,25H,2-9,16,21H2,1H3/t25-/m1/s1. The zero-order valence-electron chi connectivity index (χ0n) is 18.6. The SMILES string of the molecule is CCCCCCCCCCCC(=O)[C@H]1C(=O)N(c2ccccc2)N=C1c1ccccc1. The molecular weight excluding hydrogens is 384 g/mol. The molecule has 0 saturated carbocycles. The summed E-state index contributed by atoms with van der Waals surface area (Å²) in [7, 11) is 0. The van der Waals surface area contributed by atoms with Crippen LogP contribution in [-0.4, -0.2) is 17.4 Å². The largest absolute Gasteiger partial charge is 0.298 e. The molecule has 1 atom stereocenters. The second kappa shape index (κ2) is 12.2. The van der Waals surface area contributed by atoms with Crippen molar-refractivity contribution in [1.82, 2.24) is 0 Å². The number of nitrogens with zero attached hydrogens (tertiary/aromatic N) is 2. The molecule has 0 radical (unpaired) electrons. The number of hydrogen-bond acceptors (Lipinski definition) is 3. The van der Waals surface area contributed by atoms with Gasteiger partial charge in [0.05, 0.1) is 11.4 Å². The molecule has 0 bridgehead atoms. The Hall–Kier alpha value is -2.75. The van der Waals surface area contributed by atoms with E-state index in [1.54, 1.807) is 0 Å². The summed E-state index contributed by atoms with van der Waals surface area (Å²) in [5.41, 5.74) is 2.09. The van der Waals surface area contributed by atoms with E-state index in [-0.39, 0.29) is 11.7 Å². The first-order valence-corrected chi connectivity index (χ1v) is 11.8. The summed E-state index contributed by atoms with van der Waals surface area (Å²) in [5.74, 6) is -1.07. The molecule has 0 aromatic heterocycles. The van der Waals surface area contributed by atoms with E-state index in [9.17, 15) is 9.59 Å². The summed E-state index contributed by atoms with van der Waals surface area (Å²) >= 11 is 0. The Morgan fingerprint density at radius 1 is 0.806 bits per heavy atom.